The predicted octanol–water partition coefficient (Wildman–Crippen LogP) is 1.55. The second kappa shape index (κ2) is 8.33. The fourth-order valence-electron chi connectivity index (χ4n) is 4.28. The van der Waals surface area contributed by atoms with Gasteiger partial charge in [-0.3, -0.25) is 14.4 Å². The number of benzene rings is 1. The molecule has 0 N–H and O–H groups in total. The van der Waals surface area contributed by atoms with Crippen LogP contribution in [0, 0.1) is 11.8 Å². The van der Waals surface area contributed by atoms with Gasteiger partial charge in [0, 0.05) is 45.2 Å². The van der Waals surface area contributed by atoms with Crippen molar-refractivity contribution in [3.63, 3.8) is 0 Å². The van der Waals surface area contributed by atoms with Gasteiger partial charge >= 0.3 is 0 Å². The molecule has 4 rings (SSSR count). The van der Waals surface area contributed by atoms with Gasteiger partial charge in [0.2, 0.25) is 17.7 Å². The van der Waals surface area contributed by atoms with Crippen LogP contribution in [-0.4, -0.2) is 71.7 Å². The molecular formula is C22H29N3O3. The summed E-state index contributed by atoms with van der Waals surface area (Å²) in [5.74, 6) is 0.644. The maximum atomic E-state index is 13.0. The van der Waals surface area contributed by atoms with Crippen molar-refractivity contribution in [3.8, 4) is 0 Å². The molecule has 0 bridgehead atoms. The van der Waals surface area contributed by atoms with Crippen LogP contribution in [0.15, 0.2) is 30.3 Å². The third kappa shape index (κ3) is 4.37. The molecule has 1 aliphatic carbocycles. The monoisotopic (exact) mass is 383 g/mol. The largest absolute Gasteiger partial charge is 0.342 e. The third-order valence-electron chi connectivity index (χ3n) is 6.15. The minimum absolute atomic E-state index is 0.101. The molecule has 6 heteroatoms. The minimum atomic E-state index is -0.112. The second-order valence-electron chi connectivity index (χ2n) is 8.27. The fraction of sp³-hybridized carbons (Fsp3) is 0.591. The SMILES string of the molecule is O=C(Cc1ccccc1)N1CCC[C@@H](C(=O)N2CCN(C(=O)C3CC3)CC2)C1. The molecule has 1 saturated carbocycles. The first kappa shape index (κ1) is 19.0. The number of likely N-dealkylation sites (tertiary alicyclic amines) is 1. The standard InChI is InChI=1S/C22H29N3O3/c26-20(15-17-5-2-1-3-6-17)25-10-4-7-19(16-25)22(28)24-13-11-23(12-14-24)21(27)18-8-9-18/h1-3,5-6,18-19H,4,7-16H2/t19-/m1/s1. The van der Waals surface area contributed by atoms with Gasteiger partial charge in [-0.25, -0.2) is 0 Å². The fourth-order valence-corrected chi connectivity index (χ4v) is 4.28. The summed E-state index contributed by atoms with van der Waals surface area (Å²) in [7, 11) is 0. The Hall–Kier alpha value is -2.37. The van der Waals surface area contributed by atoms with E-state index in [1.807, 2.05) is 45.0 Å². The Balaban J connectivity index is 1.28. The highest BCUT2D eigenvalue weighted by Crippen LogP contribution is 2.31. The molecule has 6 nitrogen and oxygen atoms in total. The molecule has 3 fully saturated rings. The molecule has 2 aliphatic heterocycles. The van der Waals surface area contributed by atoms with E-state index in [2.05, 4.69) is 0 Å². The van der Waals surface area contributed by atoms with Crippen molar-refractivity contribution in [2.45, 2.75) is 32.1 Å². The van der Waals surface area contributed by atoms with Gasteiger partial charge < -0.3 is 14.7 Å². The zero-order valence-electron chi connectivity index (χ0n) is 16.4. The smallest absolute Gasteiger partial charge is 0.227 e. The van der Waals surface area contributed by atoms with Crippen LogP contribution < -0.4 is 0 Å². The van der Waals surface area contributed by atoms with Gasteiger partial charge in [0.15, 0.2) is 0 Å². The van der Waals surface area contributed by atoms with Crippen LogP contribution in [0.2, 0.25) is 0 Å². The first-order chi connectivity index (χ1) is 13.6. The molecule has 0 unspecified atom stereocenters. The molecule has 2 heterocycles. The predicted molar refractivity (Wildman–Crippen MR) is 105 cm³/mol. The molecule has 28 heavy (non-hydrogen) atoms. The summed E-state index contributed by atoms with van der Waals surface area (Å²) in [4.78, 5) is 43.5. The van der Waals surface area contributed by atoms with Gasteiger partial charge in [-0.15, -0.1) is 0 Å². The van der Waals surface area contributed by atoms with Crippen molar-refractivity contribution in [1.82, 2.24) is 14.7 Å². The number of piperazine rings is 1. The van der Waals surface area contributed by atoms with Crippen molar-refractivity contribution in [2.24, 2.45) is 11.8 Å². The Kier molecular flexibility index (Phi) is 5.64. The Bertz CT molecular complexity index is 724. The summed E-state index contributed by atoms with van der Waals surface area (Å²) in [5, 5.41) is 0. The van der Waals surface area contributed by atoms with E-state index in [-0.39, 0.29) is 29.6 Å². The van der Waals surface area contributed by atoms with Crippen molar-refractivity contribution < 1.29 is 14.4 Å². The second-order valence-corrected chi connectivity index (χ2v) is 8.27. The van der Waals surface area contributed by atoms with E-state index in [0.717, 1.165) is 37.8 Å². The van der Waals surface area contributed by atoms with Gasteiger partial charge in [0.05, 0.1) is 12.3 Å². The summed E-state index contributed by atoms with van der Waals surface area (Å²) in [6, 6.07) is 9.76. The van der Waals surface area contributed by atoms with Crippen LogP contribution in [0.3, 0.4) is 0 Å². The molecule has 2 saturated heterocycles. The highest BCUT2D eigenvalue weighted by molar-refractivity contribution is 5.83. The highest BCUT2D eigenvalue weighted by atomic mass is 16.2. The van der Waals surface area contributed by atoms with Gasteiger partial charge in [0.25, 0.3) is 0 Å². The lowest BCUT2D eigenvalue weighted by atomic mass is 9.95. The molecule has 3 amide bonds. The lowest BCUT2D eigenvalue weighted by molar-refractivity contribution is -0.145. The molecule has 1 aromatic carbocycles. The molecule has 1 aromatic rings. The van der Waals surface area contributed by atoms with Crippen molar-refractivity contribution >= 4 is 17.7 Å². The summed E-state index contributed by atoms with van der Waals surface area (Å²) in [5.41, 5.74) is 1.01. The van der Waals surface area contributed by atoms with E-state index in [9.17, 15) is 14.4 Å². The lowest BCUT2D eigenvalue weighted by Gasteiger charge is -2.39. The summed E-state index contributed by atoms with van der Waals surface area (Å²) < 4.78 is 0. The maximum Gasteiger partial charge on any atom is 0.227 e. The first-order valence-electron chi connectivity index (χ1n) is 10.5. The quantitative estimate of drug-likeness (QED) is 0.793. The minimum Gasteiger partial charge on any atom is -0.342 e. The molecular weight excluding hydrogens is 354 g/mol. The molecule has 0 spiro atoms. The first-order valence-corrected chi connectivity index (χ1v) is 10.5. The van der Waals surface area contributed by atoms with Crippen LogP contribution in [0.25, 0.3) is 0 Å². The van der Waals surface area contributed by atoms with Gasteiger partial charge in [0.1, 0.15) is 0 Å². The lowest BCUT2D eigenvalue weighted by Crippen LogP contribution is -2.54. The number of rotatable bonds is 4. The molecule has 0 aromatic heterocycles. The Labute approximate surface area is 166 Å². The number of nitrogens with zero attached hydrogens (tertiary/aromatic N) is 3. The van der Waals surface area contributed by atoms with E-state index in [1.165, 1.54) is 0 Å². The number of amides is 3. The van der Waals surface area contributed by atoms with Crippen LogP contribution in [0.4, 0.5) is 0 Å². The van der Waals surface area contributed by atoms with E-state index in [4.69, 9.17) is 0 Å². The van der Waals surface area contributed by atoms with Crippen molar-refractivity contribution in [2.75, 3.05) is 39.3 Å². The van der Waals surface area contributed by atoms with Gasteiger partial charge in [-0.2, -0.15) is 0 Å². The van der Waals surface area contributed by atoms with Gasteiger partial charge in [-0.05, 0) is 31.2 Å². The van der Waals surface area contributed by atoms with E-state index < -0.39 is 0 Å². The highest BCUT2D eigenvalue weighted by Gasteiger charge is 2.37. The van der Waals surface area contributed by atoms with Gasteiger partial charge in [-0.1, -0.05) is 30.3 Å². The summed E-state index contributed by atoms with van der Waals surface area (Å²) >= 11 is 0. The Morgan fingerprint density at radius 3 is 1.96 bits per heavy atom. The topological polar surface area (TPSA) is 60.9 Å². The molecule has 0 radical (unpaired) electrons. The number of carbonyl (C=O) groups is 3. The number of hydrogen-bond donors (Lipinski definition) is 0. The van der Waals surface area contributed by atoms with E-state index >= 15 is 0 Å². The molecule has 3 aliphatic rings. The van der Waals surface area contributed by atoms with Crippen LogP contribution in [0.5, 0.6) is 0 Å². The molecule has 1 atom stereocenters. The summed E-state index contributed by atoms with van der Waals surface area (Å²) in [6.07, 6.45) is 4.15. The van der Waals surface area contributed by atoms with Crippen LogP contribution in [-0.2, 0) is 20.8 Å². The number of hydrogen-bond acceptors (Lipinski definition) is 3. The normalized spacial score (nSPS) is 22.9. The zero-order valence-corrected chi connectivity index (χ0v) is 16.4. The number of carbonyl (C=O) groups excluding carboxylic acids is 3. The third-order valence-corrected chi connectivity index (χ3v) is 6.15. The summed E-state index contributed by atoms with van der Waals surface area (Å²) in [6.45, 7) is 3.78. The number of piperidine rings is 1. The average molecular weight is 383 g/mol. The Morgan fingerprint density at radius 2 is 1.36 bits per heavy atom. The van der Waals surface area contributed by atoms with E-state index in [1.54, 1.807) is 0 Å². The van der Waals surface area contributed by atoms with Crippen molar-refractivity contribution in [3.05, 3.63) is 35.9 Å². The van der Waals surface area contributed by atoms with Crippen molar-refractivity contribution in [1.29, 1.82) is 0 Å². The average Bonchev–Trinajstić information content (AvgIpc) is 3.59. The zero-order chi connectivity index (χ0) is 19.5. The van der Waals surface area contributed by atoms with E-state index in [0.29, 0.717) is 39.1 Å². The maximum absolute atomic E-state index is 13.0. The Morgan fingerprint density at radius 1 is 0.750 bits per heavy atom. The van der Waals surface area contributed by atoms with Crippen LogP contribution >= 0.6 is 0 Å². The molecule has 150 valence electrons. The van der Waals surface area contributed by atoms with Crippen LogP contribution in [0.1, 0.15) is 31.2 Å².